The van der Waals surface area contributed by atoms with Crippen LogP contribution in [0.1, 0.15) is 32.1 Å². The zero-order chi connectivity index (χ0) is 28.1. The summed E-state index contributed by atoms with van der Waals surface area (Å²) in [7, 11) is 1.69. The van der Waals surface area contributed by atoms with Crippen LogP contribution in [0.5, 0.6) is 0 Å². The number of carbonyl (C=O) groups excluding carboxylic acids is 2. The van der Waals surface area contributed by atoms with E-state index in [0.29, 0.717) is 45.5 Å². The third-order valence-corrected chi connectivity index (χ3v) is 6.70. The van der Waals surface area contributed by atoms with Crippen molar-refractivity contribution >= 4 is 40.5 Å². The van der Waals surface area contributed by atoms with Crippen LogP contribution in [-0.4, -0.2) is 33.8 Å². The smallest absolute Gasteiger partial charge is 0.258 e. The van der Waals surface area contributed by atoms with Gasteiger partial charge in [0.1, 0.15) is 5.82 Å². The summed E-state index contributed by atoms with van der Waals surface area (Å²) in [6.07, 6.45) is 5.55. The van der Waals surface area contributed by atoms with Crippen molar-refractivity contribution in [2.24, 2.45) is 0 Å². The minimum atomic E-state index is -0.317. The lowest BCUT2D eigenvalue weighted by Crippen LogP contribution is -2.26. The molecule has 0 spiro atoms. The van der Waals surface area contributed by atoms with Crippen LogP contribution in [0.25, 0.3) is 11.3 Å². The van der Waals surface area contributed by atoms with Gasteiger partial charge in [-0.3, -0.25) is 14.6 Å². The van der Waals surface area contributed by atoms with Gasteiger partial charge in [0.25, 0.3) is 11.8 Å². The summed E-state index contributed by atoms with van der Waals surface area (Å²) in [6.45, 7) is 0. The van der Waals surface area contributed by atoms with Gasteiger partial charge in [-0.05, 0) is 78.4 Å². The van der Waals surface area contributed by atoms with Crippen LogP contribution < -0.4 is 16.0 Å². The van der Waals surface area contributed by atoms with E-state index in [0.717, 1.165) is 16.8 Å². The summed E-state index contributed by atoms with van der Waals surface area (Å²) < 4.78 is 0. The zero-order valence-corrected chi connectivity index (χ0v) is 22.3. The third kappa shape index (κ3) is 5.98. The molecule has 0 saturated heterocycles. The quantitative estimate of drug-likeness (QED) is 0.245. The predicted molar refractivity (Wildman–Crippen MR) is 158 cm³/mol. The van der Waals surface area contributed by atoms with Crippen molar-refractivity contribution in [3.8, 4) is 11.3 Å². The summed E-state index contributed by atoms with van der Waals surface area (Å²) in [5.41, 5.74) is 10.9. The molecule has 5 rings (SSSR count). The molecule has 3 aromatic carbocycles. The Morgan fingerprint density at radius 3 is 2.45 bits per heavy atom. The third-order valence-electron chi connectivity index (χ3n) is 6.34. The molecule has 198 valence electrons. The first-order chi connectivity index (χ1) is 19.4. The second-order valence-corrected chi connectivity index (χ2v) is 9.44. The van der Waals surface area contributed by atoms with E-state index in [1.165, 1.54) is 4.90 Å². The Morgan fingerprint density at radius 2 is 1.70 bits per heavy atom. The molecule has 0 saturated carbocycles. The van der Waals surface area contributed by atoms with Gasteiger partial charge in [0.05, 0.1) is 17.1 Å². The van der Waals surface area contributed by atoms with E-state index in [1.807, 2.05) is 24.3 Å². The summed E-state index contributed by atoms with van der Waals surface area (Å²) >= 11 is 6.50. The molecule has 2 aromatic heterocycles. The number of nitrogen functional groups attached to an aromatic ring is 1. The molecule has 8 nitrogen and oxygen atoms in total. The van der Waals surface area contributed by atoms with E-state index < -0.39 is 0 Å². The topological polar surface area (TPSA) is 114 Å². The molecule has 2 amide bonds. The van der Waals surface area contributed by atoms with Crippen LogP contribution in [-0.2, 0) is 6.42 Å². The Balaban J connectivity index is 1.30. The summed E-state index contributed by atoms with van der Waals surface area (Å²) in [6, 6.07) is 24.5. The fourth-order valence-corrected chi connectivity index (χ4v) is 4.30. The largest absolute Gasteiger partial charge is 0.397 e. The molecule has 0 aliphatic heterocycles. The van der Waals surface area contributed by atoms with Crippen LogP contribution in [0.3, 0.4) is 0 Å². The highest BCUT2D eigenvalue weighted by atomic mass is 35.5. The molecule has 2 heterocycles. The van der Waals surface area contributed by atoms with Crippen molar-refractivity contribution in [1.29, 1.82) is 0 Å². The first kappa shape index (κ1) is 26.5. The van der Waals surface area contributed by atoms with Crippen molar-refractivity contribution in [3.63, 3.8) is 0 Å². The molecule has 0 aliphatic carbocycles. The first-order valence-electron chi connectivity index (χ1n) is 12.4. The number of pyridine rings is 1. The monoisotopic (exact) mass is 548 g/mol. The SMILES string of the molecule is CN(C(=O)c1ccc(C(=O)Nc2ccccc2N)cc1)c1ccc(Cl)c(Cc2nccc(-c3cccnc3)n2)c1. The van der Waals surface area contributed by atoms with Gasteiger partial charge in [-0.15, -0.1) is 0 Å². The first-order valence-corrected chi connectivity index (χ1v) is 12.8. The van der Waals surface area contributed by atoms with E-state index in [2.05, 4.69) is 20.3 Å². The Kier molecular flexibility index (Phi) is 7.80. The summed E-state index contributed by atoms with van der Waals surface area (Å²) in [4.78, 5) is 40.6. The number of hydrogen-bond donors (Lipinski definition) is 2. The molecule has 40 heavy (non-hydrogen) atoms. The van der Waals surface area contributed by atoms with Crippen molar-refractivity contribution in [1.82, 2.24) is 15.0 Å². The molecule has 9 heteroatoms. The predicted octanol–water partition coefficient (Wildman–Crippen LogP) is 5.89. The van der Waals surface area contributed by atoms with Crippen molar-refractivity contribution < 1.29 is 9.59 Å². The molecule has 0 unspecified atom stereocenters. The Morgan fingerprint density at radius 1 is 0.925 bits per heavy atom. The Hall–Kier alpha value is -5.08. The highest BCUT2D eigenvalue weighted by molar-refractivity contribution is 6.31. The number of para-hydroxylation sites is 2. The average molecular weight is 549 g/mol. The number of aromatic nitrogens is 3. The van der Waals surface area contributed by atoms with Gasteiger partial charge in [0.15, 0.2) is 0 Å². The lowest BCUT2D eigenvalue weighted by molar-refractivity contribution is 0.0989. The van der Waals surface area contributed by atoms with E-state index in [9.17, 15) is 9.59 Å². The normalized spacial score (nSPS) is 10.7. The van der Waals surface area contributed by atoms with Crippen molar-refractivity contribution in [2.45, 2.75) is 6.42 Å². The Labute approximate surface area is 236 Å². The number of halogens is 1. The molecule has 5 aromatic rings. The Bertz CT molecular complexity index is 1680. The molecular formula is C31H25ClN6O2. The highest BCUT2D eigenvalue weighted by Gasteiger charge is 2.17. The molecule has 0 fully saturated rings. The number of carbonyl (C=O) groups is 2. The summed E-state index contributed by atoms with van der Waals surface area (Å²) in [5.74, 6) is 0.0466. The van der Waals surface area contributed by atoms with Gasteiger partial charge >= 0.3 is 0 Å². The molecule has 0 radical (unpaired) electrons. The molecule has 0 aliphatic rings. The van der Waals surface area contributed by atoms with Gasteiger partial charge in [0.2, 0.25) is 0 Å². The number of rotatable bonds is 7. The molecule has 3 N–H and O–H groups in total. The van der Waals surface area contributed by atoms with Crippen molar-refractivity contribution in [3.05, 3.63) is 131 Å². The highest BCUT2D eigenvalue weighted by Crippen LogP contribution is 2.26. The van der Waals surface area contributed by atoms with Crippen LogP contribution in [0.15, 0.2) is 104 Å². The van der Waals surface area contributed by atoms with Crippen LogP contribution >= 0.6 is 11.6 Å². The number of nitrogens with two attached hydrogens (primary N) is 1. The zero-order valence-electron chi connectivity index (χ0n) is 21.6. The number of benzene rings is 3. The van der Waals surface area contributed by atoms with Gasteiger partial charge in [-0.25, -0.2) is 9.97 Å². The fourth-order valence-electron chi connectivity index (χ4n) is 4.12. The minimum absolute atomic E-state index is 0.234. The number of nitrogens with one attached hydrogen (secondary N) is 1. The van der Waals surface area contributed by atoms with Crippen LogP contribution in [0.2, 0.25) is 5.02 Å². The van der Waals surface area contributed by atoms with E-state index >= 15 is 0 Å². The second-order valence-electron chi connectivity index (χ2n) is 9.04. The van der Waals surface area contributed by atoms with E-state index in [1.54, 1.807) is 86.3 Å². The minimum Gasteiger partial charge on any atom is -0.397 e. The van der Waals surface area contributed by atoms with Gasteiger partial charge in [-0.2, -0.15) is 0 Å². The van der Waals surface area contributed by atoms with E-state index in [-0.39, 0.29) is 11.8 Å². The maximum absolute atomic E-state index is 13.3. The van der Waals surface area contributed by atoms with E-state index in [4.69, 9.17) is 17.3 Å². The number of amides is 2. The summed E-state index contributed by atoms with van der Waals surface area (Å²) in [5, 5.41) is 3.33. The molecule has 0 atom stereocenters. The standard InChI is InChI=1S/C31H25ClN6O2/c1-38(31(40)21-10-8-20(9-11-21)30(39)37-28-7-3-2-6-26(28)33)24-12-13-25(32)23(17-24)18-29-35-16-14-27(36-29)22-5-4-15-34-19-22/h2-17,19H,18,33H2,1H3,(H,37,39). The van der Waals surface area contributed by atoms with Crippen LogP contribution in [0.4, 0.5) is 17.1 Å². The lowest BCUT2D eigenvalue weighted by atomic mass is 10.1. The van der Waals surface area contributed by atoms with Crippen molar-refractivity contribution in [2.75, 3.05) is 23.0 Å². The number of nitrogens with zero attached hydrogens (tertiary/aromatic N) is 4. The fraction of sp³-hybridized carbons (Fsp3) is 0.0645. The maximum Gasteiger partial charge on any atom is 0.258 e. The molecular weight excluding hydrogens is 524 g/mol. The second kappa shape index (κ2) is 11.8. The average Bonchev–Trinajstić information content (AvgIpc) is 2.99. The number of hydrogen-bond acceptors (Lipinski definition) is 6. The van der Waals surface area contributed by atoms with Gasteiger partial charge < -0.3 is 16.0 Å². The molecule has 0 bridgehead atoms. The van der Waals surface area contributed by atoms with Gasteiger partial charge in [0, 0.05) is 59.5 Å². The van der Waals surface area contributed by atoms with Crippen LogP contribution in [0, 0.1) is 0 Å². The van der Waals surface area contributed by atoms with Gasteiger partial charge in [-0.1, -0.05) is 23.7 Å². The maximum atomic E-state index is 13.3. The lowest BCUT2D eigenvalue weighted by Gasteiger charge is -2.19. The number of anilines is 3.